The molecule has 0 bridgehead atoms. The van der Waals surface area contributed by atoms with Gasteiger partial charge < -0.3 is 5.73 Å². The van der Waals surface area contributed by atoms with Crippen LogP contribution >= 0.6 is 0 Å². The van der Waals surface area contributed by atoms with Crippen LogP contribution in [0.4, 0.5) is 5.69 Å². The van der Waals surface area contributed by atoms with Crippen LogP contribution in [0.2, 0.25) is 0 Å². The number of anilines is 1. The molecule has 3 N–H and O–H groups in total. The molecule has 1 rings (SSSR count). The highest BCUT2D eigenvalue weighted by Gasteiger charge is 2.25. The van der Waals surface area contributed by atoms with Gasteiger partial charge in [0.25, 0.3) is 10.2 Å². The van der Waals surface area contributed by atoms with Crippen LogP contribution in [0, 0.1) is 0 Å². The van der Waals surface area contributed by atoms with E-state index in [0.717, 1.165) is 5.56 Å². The molecule has 0 radical (unpaired) electrons. The van der Waals surface area contributed by atoms with E-state index in [9.17, 15) is 8.42 Å². The highest BCUT2D eigenvalue weighted by molar-refractivity contribution is 7.87. The molecule has 6 heteroatoms. The Hall–Kier alpha value is -1.11. The Morgan fingerprint density at radius 1 is 1.32 bits per heavy atom. The zero-order chi connectivity index (χ0) is 14.7. The molecule has 108 valence electrons. The Bertz CT molecular complexity index is 521. The van der Waals surface area contributed by atoms with Gasteiger partial charge in [-0.2, -0.15) is 17.4 Å². The molecule has 0 atom stereocenters. The van der Waals surface area contributed by atoms with Crippen molar-refractivity contribution in [1.82, 2.24) is 9.03 Å². The highest BCUT2D eigenvalue weighted by Crippen LogP contribution is 2.13. The van der Waals surface area contributed by atoms with Gasteiger partial charge in [-0.25, -0.2) is 0 Å². The minimum absolute atomic E-state index is 0.312. The lowest BCUT2D eigenvalue weighted by Crippen LogP contribution is -2.48. The third-order valence-corrected chi connectivity index (χ3v) is 4.38. The number of hydrogen-bond acceptors (Lipinski definition) is 3. The summed E-state index contributed by atoms with van der Waals surface area (Å²) in [6.45, 7) is 7.98. The Morgan fingerprint density at radius 3 is 2.42 bits per heavy atom. The van der Waals surface area contributed by atoms with Crippen LogP contribution in [0.1, 0.15) is 33.3 Å². The summed E-state index contributed by atoms with van der Waals surface area (Å²) in [6, 6.07) is 7.25. The molecule has 0 fully saturated rings. The van der Waals surface area contributed by atoms with Gasteiger partial charge in [-0.15, -0.1) is 0 Å². The van der Waals surface area contributed by atoms with Gasteiger partial charge in [0.2, 0.25) is 0 Å². The molecular weight excluding hydrogens is 262 g/mol. The zero-order valence-electron chi connectivity index (χ0n) is 12.0. The Kier molecular flexibility index (Phi) is 4.95. The van der Waals surface area contributed by atoms with Crippen LogP contribution in [-0.4, -0.2) is 24.8 Å². The van der Waals surface area contributed by atoms with E-state index in [1.807, 2.05) is 39.8 Å². The van der Waals surface area contributed by atoms with Crippen LogP contribution < -0.4 is 10.5 Å². The third kappa shape index (κ3) is 5.18. The third-order valence-electron chi connectivity index (χ3n) is 2.44. The summed E-state index contributed by atoms with van der Waals surface area (Å²) in [4.78, 5) is 0. The molecule has 0 saturated carbocycles. The molecule has 0 aromatic heterocycles. The van der Waals surface area contributed by atoms with Crippen LogP contribution in [0.25, 0.3) is 0 Å². The van der Waals surface area contributed by atoms with Crippen molar-refractivity contribution < 1.29 is 8.42 Å². The molecule has 0 aliphatic carbocycles. The van der Waals surface area contributed by atoms with Crippen LogP contribution in [-0.2, 0) is 16.8 Å². The van der Waals surface area contributed by atoms with Gasteiger partial charge in [-0.1, -0.05) is 19.1 Å². The van der Waals surface area contributed by atoms with E-state index in [0.29, 0.717) is 18.8 Å². The number of benzene rings is 1. The largest absolute Gasteiger partial charge is 0.399 e. The first kappa shape index (κ1) is 15.9. The summed E-state index contributed by atoms with van der Waals surface area (Å²) in [5.74, 6) is 0. The van der Waals surface area contributed by atoms with Crippen molar-refractivity contribution >= 4 is 15.9 Å². The Balaban J connectivity index is 2.89. The molecule has 0 aliphatic rings. The zero-order valence-corrected chi connectivity index (χ0v) is 12.8. The van der Waals surface area contributed by atoms with Crippen molar-refractivity contribution in [2.24, 2.45) is 0 Å². The lowest BCUT2D eigenvalue weighted by Gasteiger charge is -2.27. The Morgan fingerprint density at radius 2 is 1.95 bits per heavy atom. The molecule has 1 aromatic rings. The molecule has 0 spiro atoms. The van der Waals surface area contributed by atoms with Crippen molar-refractivity contribution in [3.05, 3.63) is 29.8 Å². The highest BCUT2D eigenvalue weighted by atomic mass is 32.2. The number of nitrogens with zero attached hydrogens (tertiary/aromatic N) is 1. The lowest BCUT2D eigenvalue weighted by molar-refractivity contribution is 0.392. The molecule has 0 amide bonds. The topological polar surface area (TPSA) is 75.4 Å². The second-order valence-electron chi connectivity index (χ2n) is 5.53. The molecule has 19 heavy (non-hydrogen) atoms. The van der Waals surface area contributed by atoms with Gasteiger partial charge in [0, 0.05) is 24.3 Å². The van der Waals surface area contributed by atoms with Crippen molar-refractivity contribution in [2.75, 3.05) is 12.3 Å². The molecule has 0 heterocycles. The summed E-state index contributed by atoms with van der Waals surface area (Å²) in [6.07, 6.45) is 0. The van der Waals surface area contributed by atoms with E-state index in [1.54, 1.807) is 12.1 Å². The second kappa shape index (κ2) is 5.90. The average molecular weight is 285 g/mol. The summed E-state index contributed by atoms with van der Waals surface area (Å²) < 4.78 is 28.5. The quantitative estimate of drug-likeness (QED) is 0.809. The SMILES string of the molecule is CCN(Cc1cccc(N)c1)S(=O)(=O)NC(C)(C)C. The fourth-order valence-corrected chi connectivity index (χ4v) is 3.28. The van der Waals surface area contributed by atoms with Gasteiger partial charge in [0.15, 0.2) is 0 Å². The fraction of sp³-hybridized carbons (Fsp3) is 0.538. The number of rotatable bonds is 5. The molecule has 0 aliphatic heterocycles. The van der Waals surface area contributed by atoms with E-state index < -0.39 is 15.7 Å². The van der Waals surface area contributed by atoms with Crippen molar-refractivity contribution in [1.29, 1.82) is 0 Å². The Labute approximate surface area is 116 Å². The monoisotopic (exact) mass is 285 g/mol. The van der Waals surface area contributed by atoms with E-state index in [2.05, 4.69) is 4.72 Å². The minimum Gasteiger partial charge on any atom is -0.399 e. The number of nitrogen functional groups attached to an aromatic ring is 1. The van der Waals surface area contributed by atoms with Gasteiger partial charge in [0.1, 0.15) is 0 Å². The molecule has 0 saturated heterocycles. The normalized spacial score (nSPS) is 12.9. The van der Waals surface area contributed by atoms with E-state index in [4.69, 9.17) is 5.73 Å². The summed E-state index contributed by atoms with van der Waals surface area (Å²) in [5, 5.41) is 0. The number of nitrogens with one attached hydrogen (secondary N) is 1. The van der Waals surface area contributed by atoms with Crippen molar-refractivity contribution in [3.63, 3.8) is 0 Å². The molecule has 0 unspecified atom stereocenters. The van der Waals surface area contributed by atoms with Crippen LogP contribution in [0.5, 0.6) is 0 Å². The van der Waals surface area contributed by atoms with Gasteiger partial charge in [0.05, 0.1) is 0 Å². The number of hydrogen-bond donors (Lipinski definition) is 2. The molecule has 1 aromatic carbocycles. The first-order valence-corrected chi connectivity index (χ1v) is 7.71. The molecular formula is C13H23N3O2S. The number of nitrogens with two attached hydrogens (primary N) is 1. The standard InChI is InChI=1S/C13H23N3O2S/c1-5-16(19(17,18)15-13(2,3)4)10-11-7-6-8-12(14)9-11/h6-9,15H,5,10,14H2,1-4H3. The molecule has 5 nitrogen and oxygen atoms in total. The second-order valence-corrected chi connectivity index (χ2v) is 7.20. The smallest absolute Gasteiger partial charge is 0.280 e. The average Bonchev–Trinajstić information content (AvgIpc) is 2.22. The fourth-order valence-electron chi connectivity index (χ4n) is 1.71. The van der Waals surface area contributed by atoms with Crippen LogP contribution in [0.3, 0.4) is 0 Å². The summed E-state index contributed by atoms with van der Waals surface area (Å²) in [7, 11) is -3.50. The van der Waals surface area contributed by atoms with Gasteiger partial charge >= 0.3 is 0 Å². The van der Waals surface area contributed by atoms with E-state index >= 15 is 0 Å². The first-order chi connectivity index (χ1) is 8.64. The van der Waals surface area contributed by atoms with Crippen molar-refractivity contribution in [2.45, 2.75) is 39.8 Å². The van der Waals surface area contributed by atoms with E-state index in [-0.39, 0.29) is 0 Å². The predicted octanol–water partition coefficient (Wildman–Crippen LogP) is 1.72. The maximum Gasteiger partial charge on any atom is 0.280 e. The first-order valence-electron chi connectivity index (χ1n) is 6.27. The minimum atomic E-state index is -3.50. The summed E-state index contributed by atoms with van der Waals surface area (Å²) >= 11 is 0. The van der Waals surface area contributed by atoms with E-state index in [1.165, 1.54) is 4.31 Å². The van der Waals surface area contributed by atoms with Crippen molar-refractivity contribution in [3.8, 4) is 0 Å². The predicted molar refractivity (Wildman–Crippen MR) is 78.7 cm³/mol. The maximum absolute atomic E-state index is 12.3. The maximum atomic E-state index is 12.3. The lowest BCUT2D eigenvalue weighted by atomic mass is 10.1. The van der Waals surface area contributed by atoms with Crippen LogP contribution in [0.15, 0.2) is 24.3 Å². The van der Waals surface area contributed by atoms with Gasteiger partial charge in [-0.05, 0) is 38.5 Å². The summed E-state index contributed by atoms with van der Waals surface area (Å²) in [5.41, 5.74) is 6.72. The van der Waals surface area contributed by atoms with Gasteiger partial charge in [-0.3, -0.25) is 0 Å².